The zero-order valence-corrected chi connectivity index (χ0v) is 20.0. The fourth-order valence-corrected chi connectivity index (χ4v) is 5.58. The van der Waals surface area contributed by atoms with Crippen molar-refractivity contribution < 1.29 is 8.42 Å². The van der Waals surface area contributed by atoms with Crippen LogP contribution in [-0.2, 0) is 9.84 Å². The first-order valence-electron chi connectivity index (χ1n) is 9.63. The zero-order chi connectivity index (χ0) is 19.9. The quantitative estimate of drug-likeness (QED) is 0.303. The fourth-order valence-electron chi connectivity index (χ4n) is 2.99. The number of sulfone groups is 1. The number of hydrogen-bond acceptors (Lipinski definition) is 2. The van der Waals surface area contributed by atoms with Crippen molar-refractivity contribution in [1.82, 2.24) is 0 Å². The lowest BCUT2D eigenvalue weighted by Crippen LogP contribution is -2.04. The molecular formula is C22H28Br2O2S. The molecular weight excluding hydrogens is 488 g/mol. The van der Waals surface area contributed by atoms with Gasteiger partial charge in [-0.2, -0.15) is 0 Å². The second-order valence-electron chi connectivity index (χ2n) is 6.87. The number of rotatable bonds is 10. The van der Waals surface area contributed by atoms with Crippen molar-refractivity contribution in [2.24, 2.45) is 0 Å². The summed E-state index contributed by atoms with van der Waals surface area (Å²) in [6.07, 6.45) is 6.46. The zero-order valence-electron chi connectivity index (χ0n) is 16.0. The molecule has 0 aromatic heterocycles. The highest BCUT2D eigenvalue weighted by atomic mass is 79.9. The summed E-state index contributed by atoms with van der Waals surface area (Å²) in [6, 6.07) is 14.6. The summed E-state index contributed by atoms with van der Waals surface area (Å²) >= 11 is 7.40. The first-order chi connectivity index (χ1) is 12.9. The molecule has 0 spiro atoms. The minimum absolute atomic E-state index is 0.180. The van der Waals surface area contributed by atoms with Crippen molar-refractivity contribution in [2.75, 3.05) is 0 Å². The van der Waals surface area contributed by atoms with Crippen LogP contribution >= 0.6 is 31.9 Å². The maximum absolute atomic E-state index is 13.2. The van der Waals surface area contributed by atoms with Crippen LogP contribution in [0.3, 0.4) is 0 Å². The molecule has 0 bridgehead atoms. The number of unbranched alkanes of at least 4 members (excludes halogenated alkanes) is 2. The van der Waals surface area contributed by atoms with Crippen LogP contribution in [0.1, 0.15) is 73.2 Å². The van der Waals surface area contributed by atoms with E-state index in [4.69, 9.17) is 0 Å². The third kappa shape index (κ3) is 6.16. The van der Waals surface area contributed by atoms with Crippen molar-refractivity contribution in [1.29, 1.82) is 0 Å². The third-order valence-corrected chi connectivity index (χ3v) is 8.40. The van der Waals surface area contributed by atoms with Gasteiger partial charge >= 0.3 is 0 Å². The number of hydrogen-bond donors (Lipinski definition) is 0. The van der Waals surface area contributed by atoms with Gasteiger partial charge in [0.2, 0.25) is 9.84 Å². The van der Waals surface area contributed by atoms with E-state index in [2.05, 4.69) is 45.7 Å². The Balaban J connectivity index is 2.31. The largest absolute Gasteiger partial charge is 0.219 e. The molecule has 5 heteroatoms. The van der Waals surface area contributed by atoms with E-state index in [1.807, 2.05) is 24.3 Å². The molecule has 0 N–H and O–H groups in total. The molecule has 2 atom stereocenters. The van der Waals surface area contributed by atoms with Gasteiger partial charge in [-0.1, -0.05) is 95.7 Å². The lowest BCUT2D eigenvalue weighted by molar-refractivity contribution is 0.595. The molecule has 148 valence electrons. The standard InChI is InChI=1S/C22H28Br2O2S/c1-3-5-13-21(23)17-9-7-11-19(15-17)27(25,26)20-12-8-10-18(16-20)22(24)14-6-4-2/h7-12,15-16,21-22H,3-6,13-14H2,1-2H3. The minimum atomic E-state index is -3.53. The summed E-state index contributed by atoms with van der Waals surface area (Å²) in [5.74, 6) is 0. The molecule has 0 amide bonds. The molecule has 2 unspecified atom stereocenters. The molecule has 0 aliphatic carbocycles. The highest BCUT2D eigenvalue weighted by Crippen LogP contribution is 2.33. The summed E-state index contributed by atoms with van der Waals surface area (Å²) in [5.41, 5.74) is 2.03. The Kier molecular flexibility index (Phi) is 9.03. The van der Waals surface area contributed by atoms with Gasteiger partial charge in [-0.15, -0.1) is 0 Å². The average Bonchev–Trinajstić information content (AvgIpc) is 2.70. The molecule has 27 heavy (non-hydrogen) atoms. The van der Waals surface area contributed by atoms with Crippen LogP contribution < -0.4 is 0 Å². The van der Waals surface area contributed by atoms with Gasteiger partial charge < -0.3 is 0 Å². The molecule has 2 aromatic rings. The Morgan fingerprint density at radius 3 is 1.56 bits per heavy atom. The van der Waals surface area contributed by atoms with E-state index >= 15 is 0 Å². The van der Waals surface area contributed by atoms with Crippen molar-refractivity contribution >= 4 is 41.7 Å². The number of alkyl halides is 2. The SMILES string of the molecule is CCCCC(Br)c1cccc(S(=O)(=O)c2cccc(C(Br)CCCC)c2)c1. The van der Waals surface area contributed by atoms with Crippen molar-refractivity contribution in [2.45, 2.75) is 71.8 Å². The third-order valence-electron chi connectivity index (χ3n) is 4.68. The van der Waals surface area contributed by atoms with Crippen LogP contribution in [0.25, 0.3) is 0 Å². The Morgan fingerprint density at radius 2 is 1.19 bits per heavy atom. The van der Waals surface area contributed by atoms with Crippen molar-refractivity contribution in [3.05, 3.63) is 59.7 Å². The average molecular weight is 516 g/mol. The van der Waals surface area contributed by atoms with Gasteiger partial charge in [0.15, 0.2) is 0 Å². The highest BCUT2D eigenvalue weighted by molar-refractivity contribution is 9.09. The van der Waals surface area contributed by atoms with E-state index < -0.39 is 9.84 Å². The first kappa shape index (κ1) is 22.6. The van der Waals surface area contributed by atoms with Crippen molar-refractivity contribution in [3.63, 3.8) is 0 Å². The molecule has 2 nitrogen and oxygen atoms in total. The normalized spacial score (nSPS) is 14.1. The lowest BCUT2D eigenvalue weighted by Gasteiger charge is -2.14. The van der Waals surface area contributed by atoms with E-state index in [1.165, 1.54) is 0 Å². The van der Waals surface area contributed by atoms with Gasteiger partial charge in [0.1, 0.15) is 0 Å². The van der Waals surface area contributed by atoms with Crippen LogP contribution in [-0.4, -0.2) is 8.42 Å². The predicted octanol–water partition coefficient (Wildman–Crippen LogP) is 7.77. The van der Waals surface area contributed by atoms with Crippen LogP contribution in [0.4, 0.5) is 0 Å². The monoisotopic (exact) mass is 514 g/mol. The van der Waals surface area contributed by atoms with E-state index in [-0.39, 0.29) is 9.65 Å². The van der Waals surface area contributed by atoms with Gasteiger partial charge in [0, 0.05) is 9.65 Å². The van der Waals surface area contributed by atoms with Gasteiger partial charge in [-0.3, -0.25) is 0 Å². The molecule has 0 heterocycles. The summed E-state index contributed by atoms with van der Waals surface area (Å²) in [7, 11) is -3.53. The maximum atomic E-state index is 13.2. The van der Waals surface area contributed by atoms with Gasteiger partial charge in [-0.25, -0.2) is 8.42 Å². The predicted molar refractivity (Wildman–Crippen MR) is 121 cm³/mol. The molecule has 0 radical (unpaired) electrons. The maximum Gasteiger partial charge on any atom is 0.206 e. The molecule has 0 saturated carbocycles. The molecule has 0 saturated heterocycles. The van der Waals surface area contributed by atoms with Gasteiger partial charge in [-0.05, 0) is 48.2 Å². The van der Waals surface area contributed by atoms with E-state index in [9.17, 15) is 8.42 Å². The summed E-state index contributed by atoms with van der Waals surface area (Å²) in [5, 5.41) is 0. The summed E-state index contributed by atoms with van der Waals surface area (Å²) < 4.78 is 26.4. The van der Waals surface area contributed by atoms with E-state index in [1.54, 1.807) is 24.3 Å². The highest BCUT2D eigenvalue weighted by Gasteiger charge is 2.20. The Hall–Kier alpha value is -0.650. The first-order valence-corrected chi connectivity index (χ1v) is 12.9. The summed E-state index contributed by atoms with van der Waals surface area (Å²) in [4.78, 5) is 1.08. The molecule has 0 fully saturated rings. The van der Waals surface area contributed by atoms with Crippen molar-refractivity contribution in [3.8, 4) is 0 Å². The van der Waals surface area contributed by atoms with E-state index in [0.29, 0.717) is 9.79 Å². The molecule has 0 aliphatic heterocycles. The number of halogens is 2. The second-order valence-corrected chi connectivity index (χ2v) is 11.0. The van der Waals surface area contributed by atoms with Crippen LogP contribution in [0.5, 0.6) is 0 Å². The Morgan fingerprint density at radius 1 is 0.778 bits per heavy atom. The summed E-state index contributed by atoms with van der Waals surface area (Å²) in [6.45, 7) is 4.32. The smallest absolute Gasteiger partial charge is 0.206 e. The lowest BCUT2D eigenvalue weighted by atomic mass is 10.1. The van der Waals surface area contributed by atoms with Crippen LogP contribution in [0.2, 0.25) is 0 Å². The second kappa shape index (κ2) is 10.8. The molecule has 0 aliphatic rings. The Bertz CT molecular complexity index is 770. The van der Waals surface area contributed by atoms with E-state index in [0.717, 1.165) is 49.7 Å². The molecule has 2 aromatic carbocycles. The van der Waals surface area contributed by atoms with Crippen LogP contribution in [0, 0.1) is 0 Å². The molecule has 2 rings (SSSR count). The van der Waals surface area contributed by atoms with Gasteiger partial charge in [0.25, 0.3) is 0 Å². The Labute approximate surface area is 180 Å². The number of benzene rings is 2. The fraction of sp³-hybridized carbons (Fsp3) is 0.455. The topological polar surface area (TPSA) is 34.1 Å². The minimum Gasteiger partial charge on any atom is -0.219 e. The van der Waals surface area contributed by atoms with Crippen LogP contribution in [0.15, 0.2) is 58.3 Å². The van der Waals surface area contributed by atoms with Gasteiger partial charge in [0.05, 0.1) is 9.79 Å².